The second kappa shape index (κ2) is 9.82. The molecule has 1 aromatic rings. The van der Waals surface area contributed by atoms with Crippen LogP contribution in [-0.2, 0) is 4.74 Å². The summed E-state index contributed by atoms with van der Waals surface area (Å²) in [5.41, 5.74) is 1.36. The van der Waals surface area contributed by atoms with Crippen LogP contribution in [0.25, 0.3) is 0 Å². The maximum Gasteiger partial charge on any atom is 0.119 e. The minimum absolute atomic E-state index is 0.576. The number of methoxy groups -OCH3 is 1. The molecular weight excluding hydrogens is 238 g/mol. The van der Waals surface area contributed by atoms with E-state index >= 15 is 0 Å². The largest absolute Gasteiger partial charge is 0.494 e. The molecule has 0 aliphatic rings. The summed E-state index contributed by atoms with van der Waals surface area (Å²) >= 11 is 0. The van der Waals surface area contributed by atoms with Crippen molar-refractivity contribution in [2.45, 2.75) is 32.6 Å². The molecule has 1 rings (SSSR count). The highest BCUT2D eigenvalue weighted by Crippen LogP contribution is 2.18. The van der Waals surface area contributed by atoms with Gasteiger partial charge in [-0.1, -0.05) is 26.0 Å². The van der Waals surface area contributed by atoms with Gasteiger partial charge in [-0.3, -0.25) is 0 Å². The molecule has 0 atom stereocenters. The van der Waals surface area contributed by atoms with Crippen molar-refractivity contribution < 1.29 is 9.47 Å². The van der Waals surface area contributed by atoms with Gasteiger partial charge >= 0.3 is 0 Å². The SMILES string of the molecule is COCCNCCCCOc1ccc(C(C)C)cc1. The summed E-state index contributed by atoms with van der Waals surface area (Å²) in [5.74, 6) is 1.55. The molecule has 3 heteroatoms. The van der Waals surface area contributed by atoms with Crippen LogP contribution in [0.1, 0.15) is 38.2 Å². The van der Waals surface area contributed by atoms with Gasteiger partial charge in [0.2, 0.25) is 0 Å². The van der Waals surface area contributed by atoms with Gasteiger partial charge in [-0.05, 0) is 43.0 Å². The lowest BCUT2D eigenvalue weighted by Crippen LogP contribution is -2.20. The van der Waals surface area contributed by atoms with Crippen molar-refractivity contribution in [2.24, 2.45) is 0 Å². The van der Waals surface area contributed by atoms with E-state index in [1.165, 1.54) is 5.56 Å². The first kappa shape index (κ1) is 16.0. The second-order valence-electron chi connectivity index (χ2n) is 5.02. The monoisotopic (exact) mass is 265 g/mol. The highest BCUT2D eigenvalue weighted by atomic mass is 16.5. The number of nitrogens with one attached hydrogen (secondary N) is 1. The zero-order valence-electron chi connectivity index (χ0n) is 12.4. The third kappa shape index (κ3) is 7.19. The molecule has 1 aromatic carbocycles. The van der Waals surface area contributed by atoms with Gasteiger partial charge in [-0.25, -0.2) is 0 Å². The van der Waals surface area contributed by atoms with Crippen LogP contribution in [0.15, 0.2) is 24.3 Å². The maximum absolute atomic E-state index is 5.72. The van der Waals surface area contributed by atoms with Gasteiger partial charge in [0, 0.05) is 13.7 Å². The van der Waals surface area contributed by atoms with Crippen LogP contribution in [0.3, 0.4) is 0 Å². The zero-order valence-corrected chi connectivity index (χ0v) is 12.4. The highest BCUT2D eigenvalue weighted by Gasteiger charge is 1.99. The van der Waals surface area contributed by atoms with Crippen LogP contribution in [0, 0.1) is 0 Å². The number of rotatable bonds is 10. The van der Waals surface area contributed by atoms with E-state index < -0.39 is 0 Å². The van der Waals surface area contributed by atoms with Crippen LogP contribution in [0.4, 0.5) is 0 Å². The normalized spacial score (nSPS) is 10.9. The predicted octanol–water partition coefficient (Wildman–Crippen LogP) is 3.21. The number of hydrogen-bond acceptors (Lipinski definition) is 3. The van der Waals surface area contributed by atoms with E-state index in [1.807, 2.05) is 0 Å². The van der Waals surface area contributed by atoms with Crippen molar-refractivity contribution in [3.63, 3.8) is 0 Å². The number of benzene rings is 1. The van der Waals surface area contributed by atoms with Gasteiger partial charge in [-0.2, -0.15) is 0 Å². The molecule has 0 saturated heterocycles. The van der Waals surface area contributed by atoms with E-state index in [0.29, 0.717) is 5.92 Å². The fourth-order valence-electron chi connectivity index (χ4n) is 1.79. The Bertz CT molecular complexity index is 322. The lowest BCUT2D eigenvalue weighted by atomic mass is 10.0. The van der Waals surface area contributed by atoms with Gasteiger partial charge < -0.3 is 14.8 Å². The van der Waals surface area contributed by atoms with Crippen molar-refractivity contribution in [3.8, 4) is 5.75 Å². The Labute approximate surface area is 117 Å². The van der Waals surface area contributed by atoms with Crippen LogP contribution >= 0.6 is 0 Å². The minimum atomic E-state index is 0.576. The smallest absolute Gasteiger partial charge is 0.119 e. The average molecular weight is 265 g/mol. The van der Waals surface area contributed by atoms with Gasteiger partial charge in [-0.15, -0.1) is 0 Å². The fourth-order valence-corrected chi connectivity index (χ4v) is 1.79. The summed E-state index contributed by atoms with van der Waals surface area (Å²) in [6.07, 6.45) is 2.21. The lowest BCUT2D eigenvalue weighted by molar-refractivity contribution is 0.199. The van der Waals surface area contributed by atoms with E-state index in [-0.39, 0.29) is 0 Å². The summed E-state index contributed by atoms with van der Waals surface area (Å²) in [4.78, 5) is 0. The Hall–Kier alpha value is -1.06. The Kier molecular flexibility index (Phi) is 8.26. The molecule has 0 aliphatic carbocycles. The average Bonchev–Trinajstić information content (AvgIpc) is 2.42. The molecule has 108 valence electrons. The van der Waals surface area contributed by atoms with Gasteiger partial charge in [0.25, 0.3) is 0 Å². The standard InChI is InChI=1S/C16H27NO2/c1-14(2)15-6-8-16(9-7-15)19-12-5-4-10-17-11-13-18-3/h6-9,14,17H,4-5,10-13H2,1-3H3. The van der Waals surface area contributed by atoms with Crippen molar-refractivity contribution in [1.29, 1.82) is 0 Å². The van der Waals surface area contributed by atoms with E-state index in [1.54, 1.807) is 7.11 Å². The summed E-state index contributed by atoms with van der Waals surface area (Å²) in [7, 11) is 1.72. The molecule has 0 unspecified atom stereocenters. The van der Waals surface area contributed by atoms with Crippen molar-refractivity contribution in [3.05, 3.63) is 29.8 Å². The number of ether oxygens (including phenoxy) is 2. The summed E-state index contributed by atoms with van der Waals surface area (Å²) < 4.78 is 10.7. The van der Waals surface area contributed by atoms with E-state index in [2.05, 4.69) is 43.4 Å². The molecule has 0 heterocycles. The topological polar surface area (TPSA) is 30.5 Å². The van der Waals surface area contributed by atoms with Crippen molar-refractivity contribution in [2.75, 3.05) is 33.4 Å². The Morgan fingerprint density at radius 3 is 2.37 bits per heavy atom. The van der Waals surface area contributed by atoms with Crippen LogP contribution in [-0.4, -0.2) is 33.4 Å². The molecule has 0 bridgehead atoms. The van der Waals surface area contributed by atoms with E-state index in [0.717, 1.165) is 44.9 Å². The molecule has 0 radical (unpaired) electrons. The fraction of sp³-hybridized carbons (Fsp3) is 0.625. The third-order valence-corrected chi connectivity index (χ3v) is 3.05. The molecule has 0 amide bonds. The Balaban J connectivity index is 2.06. The first-order chi connectivity index (χ1) is 9.24. The maximum atomic E-state index is 5.72. The first-order valence-electron chi connectivity index (χ1n) is 7.16. The molecule has 0 aliphatic heterocycles. The zero-order chi connectivity index (χ0) is 13.9. The molecule has 0 fully saturated rings. The third-order valence-electron chi connectivity index (χ3n) is 3.05. The van der Waals surface area contributed by atoms with E-state index in [9.17, 15) is 0 Å². The number of hydrogen-bond donors (Lipinski definition) is 1. The molecular formula is C16H27NO2. The van der Waals surface area contributed by atoms with Crippen molar-refractivity contribution in [1.82, 2.24) is 5.32 Å². The number of unbranched alkanes of at least 4 members (excludes halogenated alkanes) is 1. The molecule has 0 saturated carbocycles. The molecule has 0 aromatic heterocycles. The minimum Gasteiger partial charge on any atom is -0.494 e. The van der Waals surface area contributed by atoms with Gasteiger partial charge in [0.05, 0.1) is 13.2 Å². The first-order valence-corrected chi connectivity index (χ1v) is 7.16. The molecule has 0 spiro atoms. The van der Waals surface area contributed by atoms with Gasteiger partial charge in [0.15, 0.2) is 0 Å². The van der Waals surface area contributed by atoms with Crippen LogP contribution in [0.2, 0.25) is 0 Å². The van der Waals surface area contributed by atoms with E-state index in [4.69, 9.17) is 9.47 Å². The van der Waals surface area contributed by atoms with Crippen LogP contribution < -0.4 is 10.1 Å². The molecule has 3 nitrogen and oxygen atoms in total. The lowest BCUT2D eigenvalue weighted by Gasteiger charge is -2.09. The highest BCUT2D eigenvalue weighted by molar-refractivity contribution is 5.28. The molecule has 1 N–H and O–H groups in total. The van der Waals surface area contributed by atoms with Crippen LogP contribution in [0.5, 0.6) is 5.75 Å². The quantitative estimate of drug-likeness (QED) is 0.659. The molecule has 19 heavy (non-hydrogen) atoms. The second-order valence-corrected chi connectivity index (χ2v) is 5.02. The summed E-state index contributed by atoms with van der Waals surface area (Å²) in [6, 6.07) is 8.41. The summed E-state index contributed by atoms with van der Waals surface area (Å²) in [5, 5.41) is 3.32. The Morgan fingerprint density at radius 2 is 1.74 bits per heavy atom. The van der Waals surface area contributed by atoms with Gasteiger partial charge in [0.1, 0.15) is 5.75 Å². The Morgan fingerprint density at radius 1 is 1.00 bits per heavy atom. The summed E-state index contributed by atoms with van der Waals surface area (Å²) in [6.45, 7) is 7.91. The van der Waals surface area contributed by atoms with Crippen molar-refractivity contribution >= 4 is 0 Å². The predicted molar refractivity (Wildman–Crippen MR) is 80.0 cm³/mol.